The minimum absolute atomic E-state index is 0.146. The molecule has 0 aliphatic rings. The molecule has 104 valence electrons. The van der Waals surface area contributed by atoms with Gasteiger partial charge in [0.05, 0.1) is 0 Å². The van der Waals surface area contributed by atoms with Gasteiger partial charge in [-0.3, -0.25) is 0 Å². The smallest absolute Gasteiger partial charge is 0.478 e. The molecule has 12 heteroatoms. The van der Waals surface area contributed by atoms with E-state index in [1.807, 2.05) is 0 Å². The highest BCUT2D eigenvalue weighted by atomic mass is 31.3. The first-order valence-corrected chi connectivity index (χ1v) is 6.99. The van der Waals surface area contributed by atoms with Crippen molar-refractivity contribution in [3.8, 4) is 17.2 Å². The van der Waals surface area contributed by atoms with E-state index in [1.54, 1.807) is 0 Å². The van der Waals surface area contributed by atoms with Crippen molar-refractivity contribution in [2.75, 3.05) is 0 Å². The largest absolute Gasteiger partial charge is 0.508 e. The number of aromatic hydroxyl groups is 3. The van der Waals surface area contributed by atoms with Gasteiger partial charge in [-0.2, -0.15) is 4.31 Å². The summed E-state index contributed by atoms with van der Waals surface area (Å²) in [6.45, 7) is 0. The van der Waals surface area contributed by atoms with Gasteiger partial charge in [0.15, 0.2) is 0 Å². The Kier molecular flexibility index (Phi) is 5.78. The molecule has 18 heavy (non-hydrogen) atoms. The van der Waals surface area contributed by atoms with Gasteiger partial charge in [0.1, 0.15) is 17.2 Å². The van der Waals surface area contributed by atoms with Gasteiger partial charge < -0.3 is 34.9 Å². The minimum atomic E-state index is -5.05. The van der Waals surface area contributed by atoms with Crippen LogP contribution in [0.5, 0.6) is 17.2 Å². The first-order valence-electron chi connectivity index (χ1n) is 3.93. The SMILES string of the molecule is O=P(O)(O)OP(=O)(O)O.Oc1cc(O)cc(O)c1. The third-order valence-corrected chi connectivity index (χ3v) is 2.80. The number of phenolic OH excluding ortho intramolecular Hbond substituents is 3. The van der Waals surface area contributed by atoms with E-state index in [0.717, 1.165) is 18.2 Å². The molecule has 0 atom stereocenters. The summed E-state index contributed by atoms with van der Waals surface area (Å²) >= 11 is 0. The summed E-state index contributed by atoms with van der Waals surface area (Å²) in [5, 5.41) is 26.0. The molecule has 0 radical (unpaired) electrons. The summed E-state index contributed by atoms with van der Waals surface area (Å²) in [7, 11) is -10.1. The van der Waals surface area contributed by atoms with Gasteiger partial charge in [-0.1, -0.05) is 0 Å². The van der Waals surface area contributed by atoms with Crippen LogP contribution >= 0.6 is 15.6 Å². The lowest BCUT2D eigenvalue weighted by Gasteiger charge is -2.03. The lowest BCUT2D eigenvalue weighted by molar-refractivity contribution is 0.225. The molecule has 0 aromatic heterocycles. The first kappa shape index (κ1) is 16.9. The second kappa shape index (κ2) is 6.17. The zero-order chi connectivity index (χ0) is 14.6. The number of rotatable bonds is 2. The summed E-state index contributed by atoms with van der Waals surface area (Å²) in [6, 6.07) is 3.42. The molecule has 0 unspecified atom stereocenters. The average Bonchev–Trinajstić information content (AvgIpc) is 1.92. The van der Waals surface area contributed by atoms with Gasteiger partial charge in [-0.15, -0.1) is 0 Å². The highest BCUT2D eigenvalue weighted by Gasteiger charge is 2.27. The molecule has 1 rings (SSSR count). The Balaban J connectivity index is 0.000000321. The molecule has 0 aliphatic heterocycles. The Labute approximate surface area is 100 Å². The van der Waals surface area contributed by atoms with Crippen molar-refractivity contribution in [1.82, 2.24) is 0 Å². The number of hydrogen-bond acceptors (Lipinski definition) is 6. The van der Waals surface area contributed by atoms with Crippen LogP contribution in [-0.4, -0.2) is 34.9 Å². The molecular weight excluding hydrogens is 294 g/mol. The second-order valence-electron chi connectivity index (χ2n) is 2.77. The van der Waals surface area contributed by atoms with Crippen LogP contribution in [0.4, 0.5) is 0 Å². The third-order valence-electron chi connectivity index (χ3n) is 1.10. The molecule has 1 aromatic carbocycles. The summed E-state index contributed by atoms with van der Waals surface area (Å²) in [4.78, 5) is 31.0. The van der Waals surface area contributed by atoms with Crippen molar-refractivity contribution in [3.63, 3.8) is 0 Å². The number of benzene rings is 1. The lowest BCUT2D eigenvalue weighted by Crippen LogP contribution is -1.84. The van der Waals surface area contributed by atoms with Gasteiger partial charge in [-0.05, 0) is 0 Å². The maximum atomic E-state index is 9.63. The molecule has 0 amide bonds. The van der Waals surface area contributed by atoms with Crippen molar-refractivity contribution in [1.29, 1.82) is 0 Å². The summed E-state index contributed by atoms with van der Waals surface area (Å²) in [6.07, 6.45) is 0. The number of phosphoric acid groups is 2. The van der Waals surface area contributed by atoms with Crippen molar-refractivity contribution >= 4 is 15.6 Å². The van der Waals surface area contributed by atoms with Crippen LogP contribution in [0.1, 0.15) is 0 Å². The quantitative estimate of drug-likeness (QED) is 0.366. The maximum absolute atomic E-state index is 9.63. The fourth-order valence-electron chi connectivity index (χ4n) is 0.718. The molecule has 0 aliphatic carbocycles. The Morgan fingerprint density at radius 1 is 0.722 bits per heavy atom. The van der Waals surface area contributed by atoms with Gasteiger partial charge in [0.25, 0.3) is 0 Å². The predicted molar refractivity (Wildman–Crippen MR) is 56.6 cm³/mol. The molecule has 10 nitrogen and oxygen atoms in total. The van der Waals surface area contributed by atoms with Crippen LogP contribution in [0.25, 0.3) is 0 Å². The van der Waals surface area contributed by atoms with Crippen LogP contribution in [0.2, 0.25) is 0 Å². The number of phenols is 3. The molecule has 0 saturated heterocycles. The zero-order valence-electron chi connectivity index (χ0n) is 8.48. The van der Waals surface area contributed by atoms with Crippen molar-refractivity contribution in [2.45, 2.75) is 0 Å². The minimum Gasteiger partial charge on any atom is -0.508 e. The molecule has 0 saturated carbocycles. The predicted octanol–water partition coefficient (Wildman–Crippen LogP) is -0.00820. The van der Waals surface area contributed by atoms with E-state index in [2.05, 4.69) is 4.31 Å². The Morgan fingerprint density at radius 2 is 0.944 bits per heavy atom. The molecule has 7 N–H and O–H groups in total. The van der Waals surface area contributed by atoms with E-state index >= 15 is 0 Å². The monoisotopic (exact) mass is 304 g/mol. The van der Waals surface area contributed by atoms with E-state index in [-0.39, 0.29) is 17.2 Å². The summed E-state index contributed by atoms with van der Waals surface area (Å²) in [5.74, 6) is -0.437. The summed E-state index contributed by atoms with van der Waals surface area (Å²) < 4.78 is 22.2. The van der Waals surface area contributed by atoms with Crippen LogP contribution in [-0.2, 0) is 13.4 Å². The molecule has 0 bridgehead atoms. The topological polar surface area (TPSA) is 185 Å². The van der Waals surface area contributed by atoms with E-state index in [0.29, 0.717) is 0 Å². The fourth-order valence-corrected chi connectivity index (χ4v) is 1.83. The van der Waals surface area contributed by atoms with E-state index < -0.39 is 15.6 Å². The maximum Gasteiger partial charge on any atom is 0.478 e. The fraction of sp³-hybridized carbons (Fsp3) is 0. The van der Waals surface area contributed by atoms with Crippen molar-refractivity contribution in [3.05, 3.63) is 18.2 Å². The van der Waals surface area contributed by atoms with E-state index in [4.69, 9.17) is 34.9 Å². The highest BCUT2D eigenvalue weighted by molar-refractivity contribution is 7.60. The molecule has 0 spiro atoms. The normalized spacial score (nSPS) is 11.6. The zero-order valence-corrected chi connectivity index (χ0v) is 10.3. The second-order valence-corrected chi connectivity index (χ2v) is 5.39. The van der Waals surface area contributed by atoms with E-state index in [9.17, 15) is 9.13 Å². The molecule has 0 heterocycles. The van der Waals surface area contributed by atoms with Crippen LogP contribution < -0.4 is 0 Å². The van der Waals surface area contributed by atoms with Crippen LogP contribution in [0, 0.1) is 0 Å². The van der Waals surface area contributed by atoms with E-state index in [1.165, 1.54) is 0 Å². The Bertz CT molecular complexity index is 417. The molecular formula is C6H10O10P2. The van der Waals surface area contributed by atoms with Gasteiger partial charge in [0, 0.05) is 18.2 Å². The standard InChI is InChI=1S/C6H6O3.H4O7P2/c7-4-1-5(8)3-6(9)2-4;1-8(2,3)7-9(4,5)6/h1-3,7-9H;(H2,1,2,3)(H2,4,5,6). The van der Waals surface area contributed by atoms with Gasteiger partial charge >= 0.3 is 15.6 Å². The highest BCUT2D eigenvalue weighted by Crippen LogP contribution is 2.53. The number of hydrogen-bond donors (Lipinski definition) is 7. The van der Waals surface area contributed by atoms with Crippen LogP contribution in [0.15, 0.2) is 18.2 Å². The lowest BCUT2D eigenvalue weighted by atomic mass is 10.3. The Morgan fingerprint density at radius 3 is 1.06 bits per heavy atom. The third kappa shape index (κ3) is 10.1. The first-order chi connectivity index (χ1) is 7.89. The van der Waals surface area contributed by atoms with Crippen molar-refractivity contribution < 1.29 is 48.3 Å². The summed E-state index contributed by atoms with van der Waals surface area (Å²) in [5.41, 5.74) is 0. The van der Waals surface area contributed by atoms with Gasteiger partial charge in [0.2, 0.25) is 0 Å². The van der Waals surface area contributed by atoms with Crippen molar-refractivity contribution in [2.24, 2.45) is 0 Å². The average molecular weight is 304 g/mol. The Hall–Kier alpha value is -1.12. The van der Waals surface area contributed by atoms with Gasteiger partial charge in [-0.25, -0.2) is 9.13 Å². The molecule has 0 fully saturated rings. The molecule has 1 aromatic rings. The van der Waals surface area contributed by atoms with Crippen LogP contribution in [0.3, 0.4) is 0 Å².